The predicted molar refractivity (Wildman–Crippen MR) is 77.8 cm³/mol. The molecule has 2 aliphatic rings. The van der Waals surface area contributed by atoms with Crippen LogP contribution in [0.2, 0.25) is 0 Å². The van der Waals surface area contributed by atoms with Crippen LogP contribution >= 0.6 is 11.5 Å². The number of nitrogens with one attached hydrogen (secondary N) is 1. The third-order valence-electron chi connectivity index (χ3n) is 4.06. The van der Waals surface area contributed by atoms with Crippen molar-refractivity contribution in [2.75, 3.05) is 5.32 Å². The molecule has 2 aliphatic carbocycles. The molecule has 1 unspecified atom stereocenters. The number of anilines is 1. The van der Waals surface area contributed by atoms with Crippen LogP contribution in [-0.2, 0) is 12.8 Å². The van der Waals surface area contributed by atoms with Crippen LogP contribution in [0.3, 0.4) is 0 Å². The van der Waals surface area contributed by atoms with E-state index in [-0.39, 0.29) is 0 Å². The molecule has 1 saturated carbocycles. The molecule has 1 aromatic heterocycles. The van der Waals surface area contributed by atoms with E-state index in [0.717, 1.165) is 17.4 Å². The third-order valence-corrected chi connectivity index (χ3v) is 4.72. The van der Waals surface area contributed by atoms with Crippen molar-refractivity contribution in [2.45, 2.75) is 44.1 Å². The van der Waals surface area contributed by atoms with Gasteiger partial charge in [0.25, 0.3) is 0 Å². The summed E-state index contributed by atoms with van der Waals surface area (Å²) < 4.78 is 4.46. The van der Waals surface area contributed by atoms with Gasteiger partial charge in [-0.15, -0.1) is 0 Å². The van der Waals surface area contributed by atoms with Crippen molar-refractivity contribution < 1.29 is 0 Å². The number of aryl methyl sites for hydroxylation is 1. The smallest absolute Gasteiger partial charge is 0.202 e. The Hall–Kier alpha value is -1.42. The minimum absolute atomic E-state index is 0.509. The quantitative estimate of drug-likeness (QED) is 0.930. The maximum Gasteiger partial charge on any atom is 0.202 e. The lowest BCUT2D eigenvalue weighted by Gasteiger charge is -2.24. The summed E-state index contributed by atoms with van der Waals surface area (Å²) in [5.41, 5.74) is 3.00. The SMILES string of the molecule is c1ccc2c(c1)CCC(Nc1nc(C3CC3)ns1)C2. The fraction of sp³-hybridized carbons (Fsp3) is 0.467. The van der Waals surface area contributed by atoms with Crippen molar-refractivity contribution in [2.24, 2.45) is 0 Å². The van der Waals surface area contributed by atoms with Gasteiger partial charge in [0, 0.05) is 23.5 Å². The fourth-order valence-electron chi connectivity index (χ4n) is 2.80. The molecular weight excluding hydrogens is 254 g/mol. The number of aromatic nitrogens is 2. The van der Waals surface area contributed by atoms with Gasteiger partial charge in [0.05, 0.1) is 0 Å². The van der Waals surface area contributed by atoms with Gasteiger partial charge >= 0.3 is 0 Å². The lowest BCUT2D eigenvalue weighted by Crippen LogP contribution is -2.27. The monoisotopic (exact) mass is 271 g/mol. The van der Waals surface area contributed by atoms with Crippen molar-refractivity contribution in [3.05, 3.63) is 41.2 Å². The van der Waals surface area contributed by atoms with Crippen molar-refractivity contribution in [3.63, 3.8) is 0 Å². The highest BCUT2D eigenvalue weighted by Gasteiger charge is 2.28. The molecule has 4 heteroatoms. The van der Waals surface area contributed by atoms with Gasteiger partial charge in [-0.3, -0.25) is 0 Å². The van der Waals surface area contributed by atoms with Crippen LogP contribution in [0.5, 0.6) is 0 Å². The van der Waals surface area contributed by atoms with E-state index in [1.807, 2.05) is 0 Å². The first-order valence-corrected chi connectivity index (χ1v) is 7.83. The second kappa shape index (κ2) is 4.60. The first-order chi connectivity index (χ1) is 9.38. The maximum absolute atomic E-state index is 4.62. The van der Waals surface area contributed by atoms with Crippen LogP contribution in [0.4, 0.5) is 5.13 Å². The van der Waals surface area contributed by atoms with E-state index in [4.69, 9.17) is 0 Å². The number of benzene rings is 1. The zero-order chi connectivity index (χ0) is 12.7. The van der Waals surface area contributed by atoms with Crippen LogP contribution in [-0.4, -0.2) is 15.4 Å². The molecule has 0 radical (unpaired) electrons. The van der Waals surface area contributed by atoms with E-state index >= 15 is 0 Å². The normalized spacial score (nSPS) is 22.0. The second-order valence-electron chi connectivity index (χ2n) is 5.58. The van der Waals surface area contributed by atoms with Gasteiger partial charge in [-0.2, -0.15) is 4.37 Å². The van der Waals surface area contributed by atoms with Crippen LogP contribution in [0.25, 0.3) is 0 Å². The molecule has 4 rings (SSSR count). The summed E-state index contributed by atoms with van der Waals surface area (Å²) in [5.74, 6) is 1.71. The van der Waals surface area contributed by atoms with Crippen LogP contribution in [0.15, 0.2) is 24.3 Å². The summed E-state index contributed by atoms with van der Waals surface area (Å²) in [4.78, 5) is 4.62. The minimum Gasteiger partial charge on any atom is -0.357 e. The Morgan fingerprint density at radius 2 is 1.95 bits per heavy atom. The van der Waals surface area contributed by atoms with Crippen molar-refractivity contribution in [1.29, 1.82) is 0 Å². The molecule has 1 N–H and O–H groups in total. The van der Waals surface area contributed by atoms with E-state index in [9.17, 15) is 0 Å². The Balaban J connectivity index is 1.46. The number of rotatable bonds is 3. The van der Waals surface area contributed by atoms with E-state index in [2.05, 4.69) is 38.9 Å². The second-order valence-corrected chi connectivity index (χ2v) is 6.34. The summed E-state index contributed by atoms with van der Waals surface area (Å²) >= 11 is 1.52. The van der Waals surface area contributed by atoms with E-state index < -0.39 is 0 Å². The molecule has 0 amide bonds. The van der Waals surface area contributed by atoms with Gasteiger partial charge in [-0.05, 0) is 43.2 Å². The summed E-state index contributed by atoms with van der Waals surface area (Å²) in [6.45, 7) is 0. The highest BCUT2D eigenvalue weighted by molar-refractivity contribution is 7.09. The Morgan fingerprint density at radius 3 is 2.79 bits per heavy atom. The summed E-state index contributed by atoms with van der Waals surface area (Å²) in [6, 6.07) is 9.28. The molecule has 0 saturated heterocycles. The standard InChI is InChI=1S/C15H17N3S/c1-2-4-12-9-13(8-7-10(12)3-1)16-15-17-14(18-19-15)11-5-6-11/h1-4,11,13H,5-9H2,(H,16,17,18). The molecule has 0 spiro atoms. The Labute approximate surface area is 117 Å². The highest BCUT2D eigenvalue weighted by Crippen LogP contribution is 2.39. The Bertz CT molecular complexity index is 589. The van der Waals surface area contributed by atoms with Crippen LogP contribution in [0.1, 0.15) is 42.1 Å². The fourth-order valence-corrected chi connectivity index (χ4v) is 3.52. The number of fused-ring (bicyclic) bond motifs is 1. The van der Waals surface area contributed by atoms with Crippen molar-refractivity contribution in [3.8, 4) is 0 Å². The largest absolute Gasteiger partial charge is 0.357 e. The molecule has 2 aromatic rings. The Kier molecular flexibility index (Phi) is 2.76. The zero-order valence-corrected chi connectivity index (χ0v) is 11.6. The zero-order valence-electron chi connectivity index (χ0n) is 10.8. The van der Waals surface area contributed by atoms with E-state index in [0.29, 0.717) is 12.0 Å². The van der Waals surface area contributed by atoms with Crippen LogP contribution < -0.4 is 5.32 Å². The number of hydrogen-bond acceptors (Lipinski definition) is 4. The van der Waals surface area contributed by atoms with E-state index in [1.54, 1.807) is 0 Å². The van der Waals surface area contributed by atoms with Crippen LogP contribution in [0, 0.1) is 0 Å². The van der Waals surface area contributed by atoms with Crippen molar-refractivity contribution in [1.82, 2.24) is 9.36 Å². The molecule has 0 aliphatic heterocycles. The predicted octanol–water partition coefficient (Wildman–Crippen LogP) is 3.38. The summed E-state index contributed by atoms with van der Waals surface area (Å²) in [7, 11) is 0. The summed E-state index contributed by atoms with van der Waals surface area (Å²) in [6.07, 6.45) is 6.01. The van der Waals surface area contributed by atoms with Gasteiger partial charge in [-0.25, -0.2) is 4.98 Å². The average Bonchev–Trinajstić information content (AvgIpc) is 3.20. The summed E-state index contributed by atoms with van der Waals surface area (Å²) in [5, 5.41) is 4.58. The molecule has 1 aromatic carbocycles. The lowest BCUT2D eigenvalue weighted by atomic mass is 9.88. The first-order valence-electron chi connectivity index (χ1n) is 7.05. The maximum atomic E-state index is 4.62. The van der Waals surface area contributed by atoms with Gasteiger partial charge in [0.2, 0.25) is 5.13 Å². The molecule has 3 nitrogen and oxygen atoms in total. The number of hydrogen-bond donors (Lipinski definition) is 1. The molecule has 1 heterocycles. The van der Waals surface area contributed by atoms with Gasteiger partial charge < -0.3 is 5.32 Å². The third kappa shape index (κ3) is 2.37. The molecular formula is C15H17N3S. The number of nitrogens with zero attached hydrogens (tertiary/aromatic N) is 2. The van der Waals surface area contributed by atoms with Gasteiger partial charge in [0.15, 0.2) is 0 Å². The first kappa shape index (κ1) is 11.4. The Morgan fingerprint density at radius 1 is 1.11 bits per heavy atom. The van der Waals surface area contributed by atoms with Crippen molar-refractivity contribution >= 4 is 16.7 Å². The molecule has 19 heavy (non-hydrogen) atoms. The average molecular weight is 271 g/mol. The molecule has 98 valence electrons. The van der Waals surface area contributed by atoms with Gasteiger partial charge in [0.1, 0.15) is 5.82 Å². The lowest BCUT2D eigenvalue weighted by molar-refractivity contribution is 0.610. The minimum atomic E-state index is 0.509. The van der Waals surface area contributed by atoms with Gasteiger partial charge in [-0.1, -0.05) is 24.3 Å². The van der Waals surface area contributed by atoms with E-state index in [1.165, 1.54) is 48.3 Å². The molecule has 1 fully saturated rings. The highest BCUT2D eigenvalue weighted by atomic mass is 32.1. The molecule has 1 atom stereocenters. The topological polar surface area (TPSA) is 37.8 Å². The molecule has 0 bridgehead atoms.